The van der Waals surface area contributed by atoms with Gasteiger partial charge in [0.15, 0.2) is 0 Å². The van der Waals surface area contributed by atoms with Crippen LogP contribution in [0.5, 0.6) is 5.75 Å². The summed E-state index contributed by atoms with van der Waals surface area (Å²) in [5.74, 6) is 1.78. The van der Waals surface area contributed by atoms with Crippen molar-refractivity contribution in [2.24, 2.45) is 0 Å². The number of carbonyl (C=O) groups is 2. The summed E-state index contributed by atoms with van der Waals surface area (Å²) in [6, 6.07) is 14.8. The zero-order valence-corrected chi connectivity index (χ0v) is 18.7. The van der Waals surface area contributed by atoms with Crippen LogP contribution in [0.3, 0.4) is 0 Å². The van der Waals surface area contributed by atoms with E-state index in [-0.39, 0.29) is 16.7 Å². The Bertz CT molecular complexity index is 911. The van der Waals surface area contributed by atoms with Gasteiger partial charge in [-0.2, -0.15) is 0 Å². The number of likely N-dealkylation sites (tertiary alicyclic amines) is 1. The van der Waals surface area contributed by atoms with Crippen LogP contribution in [0.15, 0.2) is 53.0 Å². The summed E-state index contributed by atoms with van der Waals surface area (Å²) in [6.45, 7) is 2.05. The van der Waals surface area contributed by atoms with E-state index in [0.717, 1.165) is 35.4 Å². The Labute approximate surface area is 183 Å². The molecule has 2 fully saturated rings. The Morgan fingerprint density at radius 3 is 2.34 bits per heavy atom. The number of ether oxygens (including phenoxy) is 1. The molecule has 5 nitrogen and oxygen atoms in total. The van der Waals surface area contributed by atoms with Crippen molar-refractivity contribution >= 4 is 39.5 Å². The standard InChI is InChI=1S/C22H23BrN2O3S/c1-28-17-8-6-16(7-9-17)20(26)25-14-15-29-22(25)10-12-24(13-11-22)21(27)18-4-2-3-5-19(18)23/h2-9H,10-15H2,1H3. The van der Waals surface area contributed by atoms with Gasteiger partial charge in [-0.1, -0.05) is 12.1 Å². The van der Waals surface area contributed by atoms with Crippen LogP contribution in [-0.2, 0) is 0 Å². The number of rotatable bonds is 3. The number of halogens is 1. The van der Waals surface area contributed by atoms with E-state index in [1.54, 1.807) is 7.11 Å². The topological polar surface area (TPSA) is 49.9 Å². The molecule has 2 amide bonds. The Balaban J connectivity index is 1.47. The molecule has 2 aliphatic heterocycles. The maximum absolute atomic E-state index is 13.2. The SMILES string of the molecule is COc1ccc(C(=O)N2CCSC23CCN(C(=O)c2ccccc2Br)CC3)cc1. The summed E-state index contributed by atoms with van der Waals surface area (Å²) >= 11 is 5.32. The van der Waals surface area contributed by atoms with Crippen molar-refractivity contribution in [1.29, 1.82) is 0 Å². The lowest BCUT2D eigenvalue weighted by molar-refractivity contribution is 0.0497. The van der Waals surface area contributed by atoms with Gasteiger partial charge < -0.3 is 14.5 Å². The van der Waals surface area contributed by atoms with Gasteiger partial charge >= 0.3 is 0 Å². The molecule has 2 saturated heterocycles. The summed E-state index contributed by atoms with van der Waals surface area (Å²) in [4.78, 5) is 29.8. The number of nitrogens with zero attached hydrogens (tertiary/aromatic N) is 2. The summed E-state index contributed by atoms with van der Waals surface area (Å²) in [5, 5.41) is 0. The van der Waals surface area contributed by atoms with Gasteiger partial charge in [0.25, 0.3) is 11.8 Å². The monoisotopic (exact) mass is 474 g/mol. The highest BCUT2D eigenvalue weighted by atomic mass is 79.9. The molecule has 0 N–H and O–H groups in total. The highest BCUT2D eigenvalue weighted by molar-refractivity contribution is 9.10. The third kappa shape index (κ3) is 3.90. The summed E-state index contributed by atoms with van der Waals surface area (Å²) in [6.07, 6.45) is 1.57. The van der Waals surface area contributed by atoms with Crippen LogP contribution in [0.2, 0.25) is 0 Å². The van der Waals surface area contributed by atoms with Gasteiger partial charge in [-0.3, -0.25) is 9.59 Å². The minimum Gasteiger partial charge on any atom is -0.497 e. The molecule has 0 radical (unpaired) electrons. The van der Waals surface area contributed by atoms with Crippen molar-refractivity contribution in [3.63, 3.8) is 0 Å². The van der Waals surface area contributed by atoms with Crippen LogP contribution in [-0.4, -0.2) is 59.0 Å². The van der Waals surface area contributed by atoms with Crippen molar-refractivity contribution in [2.75, 3.05) is 32.5 Å². The Morgan fingerprint density at radius 1 is 1.00 bits per heavy atom. The van der Waals surface area contributed by atoms with E-state index in [4.69, 9.17) is 4.74 Å². The van der Waals surface area contributed by atoms with Gasteiger partial charge in [0.05, 0.1) is 17.5 Å². The minimum absolute atomic E-state index is 0.0448. The molecule has 0 unspecified atom stereocenters. The molecule has 29 heavy (non-hydrogen) atoms. The number of piperidine rings is 1. The van der Waals surface area contributed by atoms with Gasteiger partial charge in [0.1, 0.15) is 5.75 Å². The highest BCUT2D eigenvalue weighted by Crippen LogP contribution is 2.44. The lowest BCUT2D eigenvalue weighted by Crippen LogP contribution is -2.53. The number of methoxy groups -OCH3 is 1. The first-order valence-corrected chi connectivity index (χ1v) is 11.5. The first kappa shape index (κ1) is 20.3. The Hall–Kier alpha value is -1.99. The van der Waals surface area contributed by atoms with Crippen LogP contribution >= 0.6 is 27.7 Å². The molecular weight excluding hydrogens is 452 g/mol. The summed E-state index contributed by atoms with van der Waals surface area (Å²) < 4.78 is 6.01. The van der Waals surface area contributed by atoms with Crippen LogP contribution in [0.1, 0.15) is 33.6 Å². The number of hydrogen-bond donors (Lipinski definition) is 0. The molecule has 2 aromatic rings. The van der Waals surface area contributed by atoms with Crippen LogP contribution < -0.4 is 4.74 Å². The number of thioether (sulfide) groups is 1. The van der Waals surface area contributed by atoms with E-state index in [9.17, 15) is 9.59 Å². The zero-order valence-electron chi connectivity index (χ0n) is 16.3. The van der Waals surface area contributed by atoms with E-state index in [0.29, 0.717) is 24.2 Å². The first-order chi connectivity index (χ1) is 14.0. The van der Waals surface area contributed by atoms with Crippen molar-refractivity contribution in [3.05, 3.63) is 64.1 Å². The molecule has 1 spiro atoms. The van der Waals surface area contributed by atoms with E-state index in [1.165, 1.54) is 0 Å². The molecular formula is C22H23BrN2O3S. The number of benzene rings is 2. The molecule has 4 rings (SSSR count). The highest BCUT2D eigenvalue weighted by Gasteiger charge is 2.47. The molecule has 0 bridgehead atoms. The van der Waals surface area contributed by atoms with Crippen molar-refractivity contribution < 1.29 is 14.3 Å². The summed E-state index contributed by atoms with van der Waals surface area (Å²) in [5.41, 5.74) is 1.37. The van der Waals surface area contributed by atoms with Crippen LogP contribution in [0, 0.1) is 0 Å². The molecule has 152 valence electrons. The third-order valence-electron chi connectivity index (χ3n) is 5.70. The fourth-order valence-corrected chi connectivity index (χ4v) is 5.97. The van der Waals surface area contributed by atoms with Crippen molar-refractivity contribution in [3.8, 4) is 5.75 Å². The van der Waals surface area contributed by atoms with Crippen molar-refractivity contribution in [1.82, 2.24) is 9.80 Å². The average molecular weight is 475 g/mol. The van der Waals surface area contributed by atoms with Crippen molar-refractivity contribution in [2.45, 2.75) is 17.7 Å². The molecule has 7 heteroatoms. The molecule has 2 aromatic carbocycles. The van der Waals surface area contributed by atoms with E-state index in [1.807, 2.05) is 70.1 Å². The quantitative estimate of drug-likeness (QED) is 0.665. The predicted octanol–water partition coefficient (Wildman–Crippen LogP) is 4.28. The second-order valence-electron chi connectivity index (χ2n) is 7.25. The van der Waals surface area contributed by atoms with Gasteiger partial charge in [0.2, 0.25) is 0 Å². The second-order valence-corrected chi connectivity index (χ2v) is 9.56. The van der Waals surface area contributed by atoms with Gasteiger partial charge in [-0.05, 0) is 65.2 Å². The predicted molar refractivity (Wildman–Crippen MR) is 118 cm³/mol. The van der Waals surface area contributed by atoms with Crippen LogP contribution in [0.4, 0.5) is 0 Å². The molecule has 0 saturated carbocycles. The molecule has 2 heterocycles. The van der Waals surface area contributed by atoms with E-state index < -0.39 is 0 Å². The minimum atomic E-state index is -0.221. The maximum Gasteiger partial charge on any atom is 0.255 e. The largest absolute Gasteiger partial charge is 0.497 e. The van der Waals surface area contributed by atoms with E-state index in [2.05, 4.69) is 15.9 Å². The molecule has 0 atom stereocenters. The van der Waals surface area contributed by atoms with Gasteiger partial charge in [-0.25, -0.2) is 0 Å². The third-order valence-corrected chi connectivity index (χ3v) is 7.94. The lowest BCUT2D eigenvalue weighted by atomic mass is 10.00. The lowest BCUT2D eigenvalue weighted by Gasteiger charge is -2.44. The zero-order chi connectivity index (χ0) is 20.4. The fraction of sp³-hybridized carbons (Fsp3) is 0.364. The van der Waals surface area contributed by atoms with E-state index >= 15 is 0 Å². The molecule has 2 aliphatic rings. The number of hydrogen-bond acceptors (Lipinski definition) is 4. The average Bonchev–Trinajstić information content (AvgIpc) is 3.16. The fourth-order valence-electron chi connectivity index (χ4n) is 4.06. The number of amides is 2. The van der Waals surface area contributed by atoms with Gasteiger partial charge in [-0.15, -0.1) is 11.8 Å². The molecule has 0 aromatic heterocycles. The normalized spacial score (nSPS) is 18.1. The smallest absolute Gasteiger partial charge is 0.255 e. The maximum atomic E-state index is 13.2. The Kier molecular flexibility index (Phi) is 5.88. The van der Waals surface area contributed by atoms with Crippen LogP contribution in [0.25, 0.3) is 0 Å². The summed E-state index contributed by atoms with van der Waals surface area (Å²) in [7, 11) is 1.62. The molecule has 0 aliphatic carbocycles. The van der Waals surface area contributed by atoms with Gasteiger partial charge in [0, 0.05) is 35.4 Å². The second kappa shape index (κ2) is 8.40. The number of carbonyl (C=O) groups excluding carboxylic acids is 2. The Morgan fingerprint density at radius 2 is 1.69 bits per heavy atom. The first-order valence-electron chi connectivity index (χ1n) is 9.68.